The molecule has 1 heterocycles. The number of H-pyrrole nitrogens is 1. The number of benzene rings is 2. The standard InChI is InChI=1S/C19H19NO2/c1-3-5-17-12(2)16(11-20-17)19(22)14-8-9-15-13(10-14)6-4-7-18(15)21/h3-11,19-22H,1-2H3/b5-3-. The fraction of sp³-hybridized carbons (Fsp3) is 0.158. The summed E-state index contributed by atoms with van der Waals surface area (Å²) in [6, 6.07) is 11.0. The first-order valence-electron chi connectivity index (χ1n) is 7.32. The number of aliphatic hydroxyl groups is 1. The van der Waals surface area contributed by atoms with Crippen LogP contribution in [0.2, 0.25) is 0 Å². The van der Waals surface area contributed by atoms with E-state index in [0.29, 0.717) is 0 Å². The van der Waals surface area contributed by atoms with Crippen LogP contribution in [-0.2, 0) is 0 Å². The molecule has 1 unspecified atom stereocenters. The summed E-state index contributed by atoms with van der Waals surface area (Å²) in [5.74, 6) is 0.256. The van der Waals surface area contributed by atoms with Crippen molar-refractivity contribution < 1.29 is 10.2 Å². The molecule has 2 aromatic carbocycles. The van der Waals surface area contributed by atoms with Crippen LogP contribution in [0.4, 0.5) is 0 Å². The number of fused-ring (bicyclic) bond motifs is 1. The van der Waals surface area contributed by atoms with Gasteiger partial charge in [0.2, 0.25) is 0 Å². The van der Waals surface area contributed by atoms with Gasteiger partial charge in [-0.15, -0.1) is 0 Å². The minimum absolute atomic E-state index is 0.256. The molecule has 0 aliphatic carbocycles. The van der Waals surface area contributed by atoms with Crippen molar-refractivity contribution in [2.24, 2.45) is 0 Å². The number of nitrogens with one attached hydrogen (secondary N) is 1. The maximum absolute atomic E-state index is 10.7. The number of hydrogen-bond acceptors (Lipinski definition) is 2. The summed E-state index contributed by atoms with van der Waals surface area (Å²) in [6.45, 7) is 3.96. The predicted octanol–water partition coefficient (Wildman–Crippen LogP) is 4.30. The van der Waals surface area contributed by atoms with Crippen molar-refractivity contribution in [2.75, 3.05) is 0 Å². The lowest BCUT2D eigenvalue weighted by Crippen LogP contribution is -2.00. The molecular weight excluding hydrogens is 274 g/mol. The van der Waals surface area contributed by atoms with Gasteiger partial charge in [0.05, 0.1) is 0 Å². The third-order valence-corrected chi connectivity index (χ3v) is 4.05. The van der Waals surface area contributed by atoms with E-state index in [-0.39, 0.29) is 5.75 Å². The molecule has 0 saturated heterocycles. The highest BCUT2D eigenvalue weighted by Crippen LogP contribution is 2.31. The van der Waals surface area contributed by atoms with Gasteiger partial charge in [0.25, 0.3) is 0 Å². The molecule has 0 saturated carbocycles. The first-order valence-corrected chi connectivity index (χ1v) is 7.32. The van der Waals surface area contributed by atoms with Gasteiger partial charge in [0.15, 0.2) is 0 Å². The Morgan fingerprint density at radius 3 is 2.77 bits per heavy atom. The maximum Gasteiger partial charge on any atom is 0.123 e. The molecule has 0 fully saturated rings. The number of aromatic amines is 1. The largest absolute Gasteiger partial charge is 0.507 e. The molecule has 112 valence electrons. The van der Waals surface area contributed by atoms with Gasteiger partial charge >= 0.3 is 0 Å². The third-order valence-electron chi connectivity index (χ3n) is 4.05. The third kappa shape index (κ3) is 2.40. The second kappa shape index (κ2) is 5.70. The summed E-state index contributed by atoms with van der Waals surface area (Å²) in [5.41, 5.74) is 3.73. The van der Waals surface area contributed by atoms with E-state index in [1.54, 1.807) is 12.1 Å². The van der Waals surface area contributed by atoms with E-state index < -0.39 is 6.10 Å². The Morgan fingerprint density at radius 2 is 2.00 bits per heavy atom. The predicted molar refractivity (Wildman–Crippen MR) is 89.9 cm³/mol. The van der Waals surface area contributed by atoms with E-state index in [0.717, 1.165) is 33.2 Å². The number of aromatic nitrogens is 1. The topological polar surface area (TPSA) is 56.2 Å². The Balaban J connectivity index is 2.03. The zero-order valence-corrected chi connectivity index (χ0v) is 12.7. The molecule has 1 aromatic heterocycles. The molecule has 3 aromatic rings. The van der Waals surface area contributed by atoms with Crippen LogP contribution in [0, 0.1) is 6.92 Å². The highest BCUT2D eigenvalue weighted by atomic mass is 16.3. The Labute approximate surface area is 129 Å². The van der Waals surface area contributed by atoms with Crippen molar-refractivity contribution in [2.45, 2.75) is 20.0 Å². The number of aromatic hydroxyl groups is 1. The van der Waals surface area contributed by atoms with Crippen LogP contribution < -0.4 is 0 Å². The Morgan fingerprint density at radius 1 is 1.18 bits per heavy atom. The van der Waals surface area contributed by atoms with Gasteiger partial charge in [-0.3, -0.25) is 0 Å². The van der Waals surface area contributed by atoms with Gasteiger partial charge in [-0.05, 0) is 48.6 Å². The molecule has 0 aliphatic heterocycles. The Bertz CT molecular complexity index is 846. The molecule has 1 atom stereocenters. The second-order valence-corrected chi connectivity index (χ2v) is 5.44. The van der Waals surface area contributed by atoms with Gasteiger partial charge in [-0.25, -0.2) is 0 Å². The molecule has 0 radical (unpaired) electrons. The van der Waals surface area contributed by atoms with Crippen molar-refractivity contribution in [3.8, 4) is 5.75 Å². The van der Waals surface area contributed by atoms with Gasteiger partial charge in [0.1, 0.15) is 11.9 Å². The normalized spacial score (nSPS) is 13.0. The van der Waals surface area contributed by atoms with Crippen LogP contribution in [0.15, 0.2) is 48.7 Å². The van der Waals surface area contributed by atoms with Crippen molar-refractivity contribution >= 4 is 16.8 Å². The zero-order valence-electron chi connectivity index (χ0n) is 12.7. The lowest BCUT2D eigenvalue weighted by atomic mass is 9.97. The molecule has 3 nitrogen and oxygen atoms in total. The molecule has 3 rings (SSSR count). The van der Waals surface area contributed by atoms with Crippen LogP contribution in [-0.4, -0.2) is 15.2 Å². The van der Waals surface area contributed by atoms with E-state index in [4.69, 9.17) is 0 Å². The molecule has 0 bridgehead atoms. The summed E-state index contributed by atoms with van der Waals surface area (Å²) in [5, 5.41) is 22.2. The monoisotopic (exact) mass is 293 g/mol. The second-order valence-electron chi connectivity index (χ2n) is 5.44. The fourth-order valence-electron chi connectivity index (χ4n) is 2.79. The molecule has 0 aliphatic rings. The SMILES string of the molecule is C/C=C\c1[nH]cc(C(O)c2ccc3c(O)cccc3c2)c1C. The highest BCUT2D eigenvalue weighted by Gasteiger charge is 2.16. The number of hydrogen-bond donors (Lipinski definition) is 3. The minimum atomic E-state index is -0.693. The van der Waals surface area contributed by atoms with E-state index in [1.807, 2.05) is 56.5 Å². The van der Waals surface area contributed by atoms with Gasteiger partial charge < -0.3 is 15.2 Å². The van der Waals surface area contributed by atoms with E-state index >= 15 is 0 Å². The number of rotatable bonds is 3. The van der Waals surface area contributed by atoms with E-state index in [1.165, 1.54) is 0 Å². The van der Waals surface area contributed by atoms with Gasteiger partial charge in [-0.1, -0.05) is 30.3 Å². The highest BCUT2D eigenvalue weighted by molar-refractivity contribution is 5.88. The smallest absolute Gasteiger partial charge is 0.123 e. The average molecular weight is 293 g/mol. The van der Waals surface area contributed by atoms with Gasteiger partial charge in [-0.2, -0.15) is 0 Å². The van der Waals surface area contributed by atoms with Crippen molar-refractivity contribution in [3.63, 3.8) is 0 Å². The maximum atomic E-state index is 10.7. The molecule has 0 spiro atoms. The first-order chi connectivity index (χ1) is 10.6. The lowest BCUT2D eigenvalue weighted by Gasteiger charge is -2.12. The van der Waals surface area contributed by atoms with Crippen LogP contribution >= 0.6 is 0 Å². The van der Waals surface area contributed by atoms with E-state index in [2.05, 4.69) is 4.98 Å². The number of allylic oxidation sites excluding steroid dienone is 1. The molecule has 3 heteroatoms. The summed E-state index contributed by atoms with van der Waals surface area (Å²) in [7, 11) is 0. The Hall–Kier alpha value is -2.52. The van der Waals surface area contributed by atoms with Crippen LogP contribution in [0.3, 0.4) is 0 Å². The summed E-state index contributed by atoms with van der Waals surface area (Å²) >= 11 is 0. The molecule has 0 amide bonds. The van der Waals surface area contributed by atoms with Crippen molar-refractivity contribution in [1.82, 2.24) is 4.98 Å². The minimum Gasteiger partial charge on any atom is -0.507 e. The van der Waals surface area contributed by atoms with Crippen molar-refractivity contribution in [1.29, 1.82) is 0 Å². The summed E-state index contributed by atoms with van der Waals surface area (Å²) in [4.78, 5) is 3.19. The summed E-state index contributed by atoms with van der Waals surface area (Å²) < 4.78 is 0. The van der Waals surface area contributed by atoms with Crippen LogP contribution in [0.1, 0.15) is 35.4 Å². The molecular formula is C19H19NO2. The van der Waals surface area contributed by atoms with Crippen LogP contribution in [0.25, 0.3) is 16.8 Å². The number of phenols is 1. The lowest BCUT2D eigenvalue weighted by molar-refractivity contribution is 0.220. The number of aliphatic hydroxyl groups excluding tert-OH is 1. The Kier molecular flexibility index (Phi) is 3.73. The average Bonchev–Trinajstić information content (AvgIpc) is 2.88. The van der Waals surface area contributed by atoms with Crippen molar-refractivity contribution in [3.05, 3.63) is 71.1 Å². The van der Waals surface area contributed by atoms with Crippen LogP contribution in [0.5, 0.6) is 5.75 Å². The van der Waals surface area contributed by atoms with E-state index in [9.17, 15) is 10.2 Å². The molecule has 22 heavy (non-hydrogen) atoms. The zero-order chi connectivity index (χ0) is 15.7. The number of phenolic OH excluding ortho intramolecular Hbond substituents is 1. The molecule has 3 N–H and O–H groups in total. The summed E-state index contributed by atoms with van der Waals surface area (Å²) in [6.07, 6.45) is 5.11. The van der Waals surface area contributed by atoms with Gasteiger partial charge in [0, 0.05) is 22.8 Å². The first kappa shape index (κ1) is 14.4. The quantitative estimate of drug-likeness (QED) is 0.674. The fourth-order valence-corrected chi connectivity index (χ4v) is 2.79.